The fourth-order valence-corrected chi connectivity index (χ4v) is 3.96. The minimum absolute atomic E-state index is 0.0855. The van der Waals surface area contributed by atoms with Crippen LogP contribution in [0.2, 0.25) is 5.02 Å². The molecular weight excluding hydrogens is 523 g/mol. The number of aryl methyl sites for hydroxylation is 1. The van der Waals surface area contributed by atoms with E-state index in [4.69, 9.17) is 21.1 Å². The van der Waals surface area contributed by atoms with E-state index < -0.39 is 23.1 Å². The fraction of sp³-hybridized carbons (Fsp3) is 0.286. The van der Waals surface area contributed by atoms with Crippen LogP contribution in [0.25, 0.3) is 11.0 Å². The van der Waals surface area contributed by atoms with E-state index >= 15 is 4.39 Å². The van der Waals surface area contributed by atoms with Crippen molar-refractivity contribution in [1.29, 1.82) is 0 Å². The summed E-state index contributed by atoms with van der Waals surface area (Å²) in [6, 6.07) is 8.45. The largest absolute Gasteiger partial charge is 0.456 e. The smallest absolute Gasteiger partial charge is 0.408 e. The summed E-state index contributed by atoms with van der Waals surface area (Å²) in [7, 11) is 1.90. The first-order chi connectivity index (χ1) is 18.5. The lowest BCUT2D eigenvalue weighted by Crippen LogP contribution is -2.39. The number of halogens is 2. The molecule has 2 aromatic heterocycles. The Balaban J connectivity index is 1.33. The van der Waals surface area contributed by atoms with E-state index in [9.17, 15) is 4.79 Å². The maximum absolute atomic E-state index is 15.3. The zero-order valence-corrected chi connectivity index (χ0v) is 22.6. The van der Waals surface area contributed by atoms with Crippen LogP contribution in [-0.4, -0.2) is 36.8 Å². The number of nitrogens with zero attached hydrogens (tertiary/aromatic N) is 4. The van der Waals surface area contributed by atoms with E-state index in [1.54, 1.807) is 45.3 Å². The molecule has 0 radical (unpaired) electrons. The highest BCUT2D eigenvalue weighted by Crippen LogP contribution is 2.37. The van der Waals surface area contributed by atoms with Gasteiger partial charge in [0.1, 0.15) is 39.8 Å². The number of alkyl carbamates (subject to hydrolysis) is 1. The SMILES string of the molecule is Cn1cnc2cc(Oc3ccc(Nc4ncncc4C#CC4(NC(=O)OC(C)(C)C)CC4)c(F)c3Cl)ccc21. The summed E-state index contributed by atoms with van der Waals surface area (Å²) in [6.45, 7) is 5.38. The number of anilines is 2. The van der Waals surface area contributed by atoms with Crippen molar-refractivity contribution < 1.29 is 18.7 Å². The number of imidazole rings is 1. The van der Waals surface area contributed by atoms with Gasteiger partial charge in [0.25, 0.3) is 0 Å². The molecule has 39 heavy (non-hydrogen) atoms. The first-order valence-electron chi connectivity index (χ1n) is 12.2. The summed E-state index contributed by atoms with van der Waals surface area (Å²) in [5.41, 5.74) is 0.905. The minimum atomic E-state index is -0.712. The molecule has 5 rings (SSSR count). The maximum atomic E-state index is 15.3. The summed E-state index contributed by atoms with van der Waals surface area (Å²) >= 11 is 6.33. The molecule has 2 N–H and O–H groups in total. The molecule has 0 spiro atoms. The number of aromatic nitrogens is 4. The van der Waals surface area contributed by atoms with Gasteiger partial charge in [-0.2, -0.15) is 0 Å². The molecule has 9 nitrogen and oxygen atoms in total. The summed E-state index contributed by atoms with van der Waals surface area (Å²) in [6.07, 6.45) is 5.38. The summed E-state index contributed by atoms with van der Waals surface area (Å²) in [5.74, 6) is 6.29. The van der Waals surface area contributed by atoms with Crippen LogP contribution >= 0.6 is 11.6 Å². The molecule has 0 atom stereocenters. The molecule has 2 aromatic carbocycles. The lowest BCUT2D eigenvalue weighted by Gasteiger charge is -2.21. The Kier molecular flexibility index (Phi) is 6.78. The van der Waals surface area contributed by atoms with Gasteiger partial charge >= 0.3 is 6.09 Å². The third kappa shape index (κ3) is 6.04. The maximum Gasteiger partial charge on any atom is 0.408 e. The summed E-state index contributed by atoms with van der Waals surface area (Å²) in [5, 5.41) is 5.57. The van der Waals surface area contributed by atoms with E-state index in [1.807, 2.05) is 17.7 Å². The average Bonchev–Trinajstić information content (AvgIpc) is 3.54. The number of hydrogen-bond donors (Lipinski definition) is 2. The molecule has 0 bridgehead atoms. The Hall–Kier alpha value is -4.36. The predicted octanol–water partition coefficient (Wildman–Crippen LogP) is 6.10. The van der Waals surface area contributed by atoms with Crippen LogP contribution in [-0.2, 0) is 11.8 Å². The van der Waals surface area contributed by atoms with Gasteiger partial charge in [0.15, 0.2) is 5.82 Å². The molecular formula is C28H26ClFN6O3. The van der Waals surface area contributed by atoms with Crippen LogP contribution < -0.4 is 15.4 Å². The number of rotatable bonds is 5. The summed E-state index contributed by atoms with van der Waals surface area (Å²) in [4.78, 5) is 24.7. The normalized spacial score (nSPS) is 13.8. The second kappa shape index (κ2) is 10.1. The van der Waals surface area contributed by atoms with Gasteiger partial charge < -0.3 is 24.7 Å². The van der Waals surface area contributed by atoms with Gasteiger partial charge in [-0.25, -0.2) is 24.1 Å². The molecule has 1 fully saturated rings. The van der Waals surface area contributed by atoms with Crippen molar-refractivity contribution in [2.24, 2.45) is 7.05 Å². The van der Waals surface area contributed by atoms with Crippen LogP contribution in [0.5, 0.6) is 11.5 Å². The number of carbonyl (C=O) groups is 1. The van der Waals surface area contributed by atoms with Crippen molar-refractivity contribution in [3.05, 3.63) is 65.6 Å². The number of ether oxygens (including phenoxy) is 2. The predicted molar refractivity (Wildman–Crippen MR) is 146 cm³/mol. The number of benzene rings is 2. The van der Waals surface area contributed by atoms with Crippen molar-refractivity contribution in [2.45, 2.75) is 44.8 Å². The zero-order chi connectivity index (χ0) is 27.8. The first kappa shape index (κ1) is 26.3. The van der Waals surface area contributed by atoms with E-state index in [1.165, 1.54) is 18.6 Å². The number of hydrogen-bond acceptors (Lipinski definition) is 7. The van der Waals surface area contributed by atoms with Crippen molar-refractivity contribution in [2.75, 3.05) is 5.32 Å². The van der Waals surface area contributed by atoms with Crippen LogP contribution in [0.4, 0.5) is 20.7 Å². The third-order valence-electron chi connectivity index (χ3n) is 5.86. The Labute approximate surface area is 229 Å². The first-order valence-corrected chi connectivity index (χ1v) is 12.6. The van der Waals surface area contributed by atoms with Crippen LogP contribution in [0.1, 0.15) is 39.2 Å². The number of nitrogens with one attached hydrogen (secondary N) is 2. The third-order valence-corrected chi connectivity index (χ3v) is 6.22. The number of amides is 1. The molecule has 1 amide bonds. The minimum Gasteiger partial charge on any atom is -0.456 e. The molecule has 2 heterocycles. The number of fused-ring (bicyclic) bond motifs is 1. The van der Waals surface area contributed by atoms with E-state index in [0.29, 0.717) is 24.2 Å². The van der Waals surface area contributed by atoms with E-state index in [-0.39, 0.29) is 22.3 Å². The molecule has 200 valence electrons. The van der Waals surface area contributed by atoms with Crippen LogP contribution in [0.3, 0.4) is 0 Å². The molecule has 0 saturated heterocycles. The van der Waals surface area contributed by atoms with Gasteiger partial charge in [-0.3, -0.25) is 0 Å². The van der Waals surface area contributed by atoms with Gasteiger partial charge in [-0.05, 0) is 57.9 Å². The summed E-state index contributed by atoms with van der Waals surface area (Å²) < 4.78 is 28.3. The fourth-order valence-electron chi connectivity index (χ4n) is 3.75. The van der Waals surface area contributed by atoms with Gasteiger partial charge in [-0.15, -0.1) is 0 Å². The van der Waals surface area contributed by atoms with Crippen molar-refractivity contribution in [3.63, 3.8) is 0 Å². The molecule has 0 unspecified atom stereocenters. The highest BCUT2D eigenvalue weighted by Gasteiger charge is 2.43. The van der Waals surface area contributed by atoms with Crippen molar-refractivity contribution in [3.8, 4) is 23.3 Å². The van der Waals surface area contributed by atoms with Crippen LogP contribution in [0.15, 0.2) is 49.2 Å². The second-order valence-electron chi connectivity index (χ2n) is 10.2. The van der Waals surface area contributed by atoms with Crippen molar-refractivity contribution >= 4 is 40.2 Å². The molecule has 4 aromatic rings. The Bertz CT molecular complexity index is 1630. The monoisotopic (exact) mass is 548 g/mol. The van der Waals surface area contributed by atoms with Gasteiger partial charge in [0, 0.05) is 19.3 Å². The average molecular weight is 549 g/mol. The van der Waals surface area contributed by atoms with Gasteiger partial charge in [0.2, 0.25) is 0 Å². The van der Waals surface area contributed by atoms with Gasteiger partial charge in [-0.1, -0.05) is 23.4 Å². The van der Waals surface area contributed by atoms with E-state index in [2.05, 4.69) is 37.4 Å². The Morgan fingerprint density at radius 2 is 2.00 bits per heavy atom. The molecule has 11 heteroatoms. The lowest BCUT2D eigenvalue weighted by molar-refractivity contribution is 0.0511. The topological polar surface area (TPSA) is 103 Å². The van der Waals surface area contributed by atoms with Gasteiger partial charge in [0.05, 0.1) is 28.6 Å². The highest BCUT2D eigenvalue weighted by molar-refractivity contribution is 6.32. The zero-order valence-electron chi connectivity index (χ0n) is 21.8. The highest BCUT2D eigenvalue weighted by atomic mass is 35.5. The lowest BCUT2D eigenvalue weighted by atomic mass is 10.2. The number of carbonyl (C=O) groups excluding carboxylic acids is 1. The Morgan fingerprint density at radius 3 is 2.74 bits per heavy atom. The second-order valence-corrected chi connectivity index (χ2v) is 10.6. The quantitative estimate of drug-likeness (QED) is 0.290. The molecule has 1 aliphatic carbocycles. The van der Waals surface area contributed by atoms with E-state index in [0.717, 1.165) is 11.0 Å². The molecule has 0 aliphatic heterocycles. The van der Waals surface area contributed by atoms with Crippen molar-refractivity contribution in [1.82, 2.24) is 24.8 Å². The standard InChI is InChI=1S/C28H26ClFN6O3/c1-27(2,3)39-26(37)35-28(11-12-28)10-9-17-14-31-15-32-25(17)34-19-6-8-22(23(29)24(19)30)38-18-5-7-21-20(13-18)33-16-36(21)4/h5-8,13-16H,11-12H2,1-4H3,(H,35,37)(H,31,32,34). The molecule has 1 aliphatic rings. The Morgan fingerprint density at radius 1 is 1.21 bits per heavy atom. The van der Waals surface area contributed by atoms with Crippen LogP contribution in [0, 0.1) is 17.7 Å². The molecule has 1 saturated carbocycles.